The van der Waals surface area contributed by atoms with E-state index in [0.717, 1.165) is 22.2 Å². The van der Waals surface area contributed by atoms with Gasteiger partial charge >= 0.3 is 0 Å². The minimum Gasteiger partial charge on any atom is -0.325 e. The van der Waals surface area contributed by atoms with E-state index in [1.165, 1.54) is 0 Å². The molecule has 0 aliphatic carbocycles. The minimum atomic E-state index is -0.499. The molecular weight excluding hydrogens is 395 g/mol. The van der Waals surface area contributed by atoms with E-state index in [4.69, 9.17) is 23.2 Å². The number of benzene rings is 2. The lowest BCUT2D eigenvalue weighted by Crippen LogP contribution is -2.36. The molecule has 0 radical (unpaired) electrons. The van der Waals surface area contributed by atoms with Crippen LogP contribution < -0.4 is 5.32 Å². The van der Waals surface area contributed by atoms with Gasteiger partial charge in [-0.05, 0) is 59.8 Å². The molecule has 132 valence electrons. The Morgan fingerprint density at radius 2 is 1.58 bits per heavy atom. The molecule has 1 saturated heterocycles. The number of amides is 3. The molecule has 0 atom stereocenters. The van der Waals surface area contributed by atoms with Gasteiger partial charge in [-0.25, -0.2) is 0 Å². The van der Waals surface area contributed by atoms with Crippen LogP contribution in [0, 0.1) is 0 Å². The van der Waals surface area contributed by atoms with Crippen LogP contribution in [0.25, 0.3) is 6.08 Å². The third kappa shape index (κ3) is 4.46. The largest absolute Gasteiger partial charge is 0.325 e. The number of carbonyl (C=O) groups is 3. The number of nitrogens with zero attached hydrogens (tertiary/aromatic N) is 1. The predicted octanol–water partition coefficient (Wildman–Crippen LogP) is 4.67. The zero-order chi connectivity index (χ0) is 18.7. The van der Waals surface area contributed by atoms with Gasteiger partial charge in [-0.3, -0.25) is 19.3 Å². The van der Waals surface area contributed by atoms with Crippen LogP contribution >= 0.6 is 35.0 Å². The molecule has 2 aromatic carbocycles. The summed E-state index contributed by atoms with van der Waals surface area (Å²) < 4.78 is 0. The van der Waals surface area contributed by atoms with Crippen molar-refractivity contribution < 1.29 is 14.4 Å². The third-order valence-electron chi connectivity index (χ3n) is 3.47. The van der Waals surface area contributed by atoms with Crippen molar-refractivity contribution in [2.24, 2.45) is 0 Å². The van der Waals surface area contributed by atoms with Crippen LogP contribution in [0.1, 0.15) is 5.56 Å². The molecule has 0 spiro atoms. The maximum Gasteiger partial charge on any atom is 0.294 e. The molecule has 1 aliphatic rings. The van der Waals surface area contributed by atoms with Crippen molar-refractivity contribution in [2.45, 2.75) is 0 Å². The molecule has 3 amide bonds. The van der Waals surface area contributed by atoms with Crippen LogP contribution in [0.3, 0.4) is 0 Å². The molecule has 2 aromatic rings. The van der Waals surface area contributed by atoms with Crippen molar-refractivity contribution >= 4 is 63.8 Å². The number of carbonyl (C=O) groups excluding carboxylic acids is 3. The van der Waals surface area contributed by atoms with Crippen molar-refractivity contribution in [3.05, 3.63) is 69.0 Å². The molecule has 1 heterocycles. The maximum absolute atomic E-state index is 12.4. The number of hydrogen-bond donors (Lipinski definition) is 1. The van der Waals surface area contributed by atoms with E-state index in [-0.39, 0.29) is 11.4 Å². The molecule has 1 fully saturated rings. The van der Waals surface area contributed by atoms with Crippen LogP contribution in [0.15, 0.2) is 53.4 Å². The number of nitrogens with one attached hydrogen (secondary N) is 1. The predicted molar refractivity (Wildman–Crippen MR) is 104 cm³/mol. The van der Waals surface area contributed by atoms with Crippen LogP contribution in [0.2, 0.25) is 10.0 Å². The highest BCUT2D eigenvalue weighted by Crippen LogP contribution is 2.32. The summed E-state index contributed by atoms with van der Waals surface area (Å²) in [5.41, 5.74) is 1.27. The quantitative estimate of drug-likeness (QED) is 0.749. The lowest BCUT2D eigenvalue weighted by atomic mass is 10.2. The van der Waals surface area contributed by atoms with Gasteiger partial charge in [-0.2, -0.15) is 0 Å². The zero-order valence-corrected chi connectivity index (χ0v) is 15.6. The fourth-order valence-electron chi connectivity index (χ4n) is 2.22. The van der Waals surface area contributed by atoms with Crippen molar-refractivity contribution in [1.29, 1.82) is 0 Å². The number of halogens is 2. The van der Waals surface area contributed by atoms with Crippen LogP contribution in [0.4, 0.5) is 10.5 Å². The second-order valence-electron chi connectivity index (χ2n) is 5.37. The van der Waals surface area contributed by atoms with E-state index in [2.05, 4.69) is 5.32 Å². The summed E-state index contributed by atoms with van der Waals surface area (Å²) in [4.78, 5) is 37.8. The lowest BCUT2D eigenvalue weighted by molar-refractivity contribution is -0.127. The van der Waals surface area contributed by atoms with Gasteiger partial charge in [-0.15, -0.1) is 0 Å². The van der Waals surface area contributed by atoms with Gasteiger partial charge < -0.3 is 5.32 Å². The summed E-state index contributed by atoms with van der Waals surface area (Å²) in [5, 5.41) is 3.26. The smallest absolute Gasteiger partial charge is 0.294 e. The van der Waals surface area contributed by atoms with E-state index >= 15 is 0 Å². The summed E-state index contributed by atoms with van der Waals surface area (Å²) >= 11 is 12.4. The molecule has 1 aliphatic heterocycles. The highest BCUT2D eigenvalue weighted by Gasteiger charge is 2.36. The van der Waals surface area contributed by atoms with Crippen molar-refractivity contribution in [1.82, 2.24) is 4.90 Å². The highest BCUT2D eigenvalue weighted by atomic mass is 35.5. The molecule has 3 rings (SSSR count). The maximum atomic E-state index is 12.4. The van der Waals surface area contributed by atoms with E-state index in [9.17, 15) is 14.4 Å². The standard InChI is InChI=1S/C18H12Cl2N2O3S/c19-12-3-1-11(2-4-12)9-15-17(24)22(18(25)26-15)10-16(23)21-14-7-5-13(20)6-8-14/h1-9H,10H2,(H,21,23)/b15-9-. The Morgan fingerprint density at radius 3 is 2.19 bits per heavy atom. The molecule has 0 aromatic heterocycles. The van der Waals surface area contributed by atoms with Crippen LogP contribution in [-0.2, 0) is 9.59 Å². The van der Waals surface area contributed by atoms with E-state index in [1.807, 2.05) is 0 Å². The van der Waals surface area contributed by atoms with Crippen molar-refractivity contribution in [3.8, 4) is 0 Å². The summed E-state index contributed by atoms with van der Waals surface area (Å²) in [6.07, 6.45) is 1.60. The summed E-state index contributed by atoms with van der Waals surface area (Å²) in [6.45, 7) is -0.356. The Morgan fingerprint density at radius 1 is 1.00 bits per heavy atom. The Labute approximate surface area is 164 Å². The Kier molecular flexibility index (Phi) is 5.66. The summed E-state index contributed by atoms with van der Waals surface area (Å²) in [6, 6.07) is 13.4. The lowest BCUT2D eigenvalue weighted by Gasteiger charge is -2.12. The first-order valence-electron chi connectivity index (χ1n) is 7.49. The van der Waals surface area contributed by atoms with Gasteiger partial charge in [0.2, 0.25) is 5.91 Å². The van der Waals surface area contributed by atoms with E-state index in [0.29, 0.717) is 15.7 Å². The summed E-state index contributed by atoms with van der Waals surface area (Å²) in [7, 11) is 0. The molecule has 0 saturated carbocycles. The number of anilines is 1. The van der Waals surface area contributed by atoms with Gasteiger partial charge in [0.25, 0.3) is 11.1 Å². The van der Waals surface area contributed by atoms with Gasteiger partial charge in [0.1, 0.15) is 6.54 Å². The van der Waals surface area contributed by atoms with Crippen molar-refractivity contribution in [2.75, 3.05) is 11.9 Å². The average molecular weight is 407 g/mol. The molecule has 0 bridgehead atoms. The first-order chi connectivity index (χ1) is 12.4. The fraction of sp³-hybridized carbons (Fsp3) is 0.0556. The number of thioether (sulfide) groups is 1. The molecule has 8 heteroatoms. The van der Waals surface area contributed by atoms with Gasteiger partial charge in [-0.1, -0.05) is 35.3 Å². The van der Waals surface area contributed by atoms with Crippen LogP contribution in [0.5, 0.6) is 0 Å². The summed E-state index contributed by atoms with van der Waals surface area (Å²) in [5.74, 6) is -0.969. The second kappa shape index (κ2) is 7.95. The monoisotopic (exact) mass is 406 g/mol. The van der Waals surface area contributed by atoms with Crippen LogP contribution in [-0.4, -0.2) is 28.5 Å². The van der Waals surface area contributed by atoms with Gasteiger partial charge in [0.15, 0.2) is 0 Å². The highest BCUT2D eigenvalue weighted by molar-refractivity contribution is 8.18. The molecule has 0 unspecified atom stereocenters. The fourth-order valence-corrected chi connectivity index (χ4v) is 3.31. The number of hydrogen-bond acceptors (Lipinski definition) is 4. The molecule has 1 N–H and O–H groups in total. The van der Waals surface area contributed by atoms with E-state index < -0.39 is 17.1 Å². The first-order valence-corrected chi connectivity index (χ1v) is 9.06. The second-order valence-corrected chi connectivity index (χ2v) is 7.24. The number of rotatable bonds is 4. The third-order valence-corrected chi connectivity index (χ3v) is 4.88. The zero-order valence-electron chi connectivity index (χ0n) is 13.2. The minimum absolute atomic E-state index is 0.261. The normalized spacial score (nSPS) is 15.6. The Bertz CT molecular complexity index is 896. The average Bonchev–Trinajstić information content (AvgIpc) is 2.86. The van der Waals surface area contributed by atoms with Gasteiger partial charge in [0, 0.05) is 15.7 Å². The van der Waals surface area contributed by atoms with Crippen molar-refractivity contribution in [3.63, 3.8) is 0 Å². The Balaban J connectivity index is 1.67. The molecular formula is C18H12Cl2N2O3S. The molecule has 26 heavy (non-hydrogen) atoms. The topological polar surface area (TPSA) is 66.5 Å². The number of imide groups is 1. The van der Waals surface area contributed by atoms with E-state index in [1.54, 1.807) is 54.6 Å². The first kappa shape index (κ1) is 18.5. The van der Waals surface area contributed by atoms with Gasteiger partial charge in [0.05, 0.1) is 4.91 Å². The Hall–Kier alpha value is -2.28. The SMILES string of the molecule is O=C(CN1C(=O)S/C(=C\c2ccc(Cl)cc2)C1=O)Nc1ccc(Cl)cc1. The molecule has 5 nitrogen and oxygen atoms in total.